The lowest BCUT2D eigenvalue weighted by atomic mass is 9.98. The molecule has 98 valence electrons. The van der Waals surface area contributed by atoms with Crippen LogP contribution in [0.2, 0.25) is 0 Å². The lowest BCUT2D eigenvalue weighted by Crippen LogP contribution is -2.32. The monoisotopic (exact) mass is 241 g/mol. The fourth-order valence-electron chi connectivity index (χ4n) is 1.47. The molecule has 0 fully saturated rings. The molecule has 0 spiro atoms. The Balaban J connectivity index is 3.44. The third kappa shape index (κ3) is 8.97. The molecule has 2 nitrogen and oxygen atoms in total. The van der Waals surface area contributed by atoms with Crippen molar-refractivity contribution in [3.63, 3.8) is 0 Å². The number of hydrogen-bond donors (Lipinski definition) is 1. The maximum absolute atomic E-state index is 11.7. The first-order valence-electron chi connectivity index (χ1n) is 5.74. The van der Waals surface area contributed by atoms with Crippen LogP contribution in [0.25, 0.3) is 0 Å². The Kier molecular flexibility index (Phi) is 7.76. The molecule has 0 aromatic rings. The van der Waals surface area contributed by atoms with Crippen molar-refractivity contribution in [2.75, 3.05) is 19.8 Å². The molecule has 0 aliphatic carbocycles. The van der Waals surface area contributed by atoms with Gasteiger partial charge in [0.1, 0.15) is 6.61 Å². The molecule has 16 heavy (non-hydrogen) atoms. The van der Waals surface area contributed by atoms with E-state index in [1.54, 1.807) is 0 Å². The molecule has 0 aliphatic heterocycles. The molecule has 0 amide bonds. The van der Waals surface area contributed by atoms with Gasteiger partial charge in [0.05, 0.1) is 0 Å². The second-order valence-corrected chi connectivity index (χ2v) is 4.13. The maximum atomic E-state index is 11.7. The molecule has 0 bridgehead atoms. The lowest BCUT2D eigenvalue weighted by molar-refractivity contribution is -0.174. The van der Waals surface area contributed by atoms with E-state index < -0.39 is 12.8 Å². The first kappa shape index (κ1) is 15.7. The lowest BCUT2D eigenvalue weighted by Gasteiger charge is -2.20. The highest BCUT2D eigenvalue weighted by atomic mass is 19.4. The molecule has 0 rings (SSSR count). The number of rotatable bonds is 8. The fourth-order valence-corrected chi connectivity index (χ4v) is 1.47. The van der Waals surface area contributed by atoms with Gasteiger partial charge in [0, 0.05) is 12.6 Å². The molecule has 2 atom stereocenters. The zero-order valence-electron chi connectivity index (χ0n) is 10.2. The molecule has 1 N–H and O–H groups in total. The van der Waals surface area contributed by atoms with E-state index in [2.05, 4.69) is 23.9 Å². The minimum Gasteiger partial charge on any atom is -0.372 e. The molecule has 0 aromatic heterocycles. The van der Waals surface area contributed by atoms with Crippen LogP contribution in [0, 0.1) is 5.92 Å². The highest BCUT2D eigenvalue weighted by molar-refractivity contribution is 4.67. The van der Waals surface area contributed by atoms with E-state index in [1.165, 1.54) is 0 Å². The quantitative estimate of drug-likeness (QED) is 0.660. The van der Waals surface area contributed by atoms with Gasteiger partial charge in [-0.15, -0.1) is 0 Å². The minimum absolute atomic E-state index is 0.183. The average Bonchev–Trinajstić information content (AvgIpc) is 2.15. The van der Waals surface area contributed by atoms with Gasteiger partial charge in [-0.1, -0.05) is 13.8 Å². The van der Waals surface area contributed by atoms with Crippen molar-refractivity contribution in [1.29, 1.82) is 0 Å². The van der Waals surface area contributed by atoms with Crippen LogP contribution >= 0.6 is 0 Å². The summed E-state index contributed by atoms with van der Waals surface area (Å²) in [5.74, 6) is 0.453. The molecule has 0 aromatic carbocycles. The summed E-state index contributed by atoms with van der Waals surface area (Å²) in [6.07, 6.45) is -2.65. The van der Waals surface area contributed by atoms with E-state index in [9.17, 15) is 13.2 Å². The smallest absolute Gasteiger partial charge is 0.372 e. The Labute approximate surface area is 95.5 Å². The standard InChI is InChI=1S/C11H22F3NO/c1-4-15-10(3)9(2)6-5-7-16-8-11(12,13)14/h9-10,15H,4-8H2,1-3H3. The van der Waals surface area contributed by atoms with Crippen LogP contribution in [0.3, 0.4) is 0 Å². The maximum Gasteiger partial charge on any atom is 0.411 e. The number of ether oxygens (including phenoxy) is 1. The second kappa shape index (κ2) is 7.90. The van der Waals surface area contributed by atoms with E-state index in [4.69, 9.17) is 0 Å². The summed E-state index contributed by atoms with van der Waals surface area (Å²) in [6, 6.07) is 0.396. The molecule has 0 aliphatic rings. The van der Waals surface area contributed by atoms with Crippen LogP contribution in [0.4, 0.5) is 13.2 Å². The molecule has 0 heterocycles. The molecule has 0 saturated carbocycles. The summed E-state index contributed by atoms with van der Waals surface area (Å²) in [6.45, 7) is 6.18. The van der Waals surface area contributed by atoms with E-state index in [1.807, 2.05) is 6.92 Å². The molecule has 5 heteroatoms. The SMILES string of the molecule is CCNC(C)C(C)CCCOCC(F)(F)F. The number of halogens is 3. The second-order valence-electron chi connectivity index (χ2n) is 4.13. The number of alkyl halides is 3. The van der Waals surface area contributed by atoms with Gasteiger partial charge in [-0.05, 0) is 32.2 Å². The highest BCUT2D eigenvalue weighted by Gasteiger charge is 2.27. The van der Waals surface area contributed by atoms with Crippen molar-refractivity contribution in [3.8, 4) is 0 Å². The molecule has 0 saturated heterocycles. The van der Waals surface area contributed by atoms with Gasteiger partial charge < -0.3 is 10.1 Å². The summed E-state index contributed by atoms with van der Waals surface area (Å²) < 4.78 is 39.7. The average molecular weight is 241 g/mol. The zero-order chi connectivity index (χ0) is 12.6. The van der Waals surface area contributed by atoms with Crippen LogP contribution in [0.5, 0.6) is 0 Å². The molecule has 2 unspecified atom stereocenters. The van der Waals surface area contributed by atoms with Gasteiger partial charge in [0.25, 0.3) is 0 Å². The van der Waals surface area contributed by atoms with Crippen molar-refractivity contribution in [2.45, 2.75) is 45.8 Å². The van der Waals surface area contributed by atoms with Crippen LogP contribution < -0.4 is 5.32 Å². The van der Waals surface area contributed by atoms with E-state index in [0.717, 1.165) is 13.0 Å². The van der Waals surface area contributed by atoms with Crippen molar-refractivity contribution in [1.82, 2.24) is 5.32 Å². The van der Waals surface area contributed by atoms with E-state index >= 15 is 0 Å². The van der Waals surface area contributed by atoms with Gasteiger partial charge in [-0.3, -0.25) is 0 Å². The predicted octanol–water partition coefficient (Wildman–Crippen LogP) is 2.98. The Morgan fingerprint density at radius 1 is 1.25 bits per heavy atom. The molecular weight excluding hydrogens is 219 g/mol. The summed E-state index contributed by atoms with van der Waals surface area (Å²) in [5.41, 5.74) is 0. The summed E-state index contributed by atoms with van der Waals surface area (Å²) in [7, 11) is 0. The van der Waals surface area contributed by atoms with Crippen molar-refractivity contribution < 1.29 is 17.9 Å². The Hall–Kier alpha value is -0.290. The third-order valence-corrected chi connectivity index (χ3v) is 2.59. The van der Waals surface area contributed by atoms with Crippen LogP contribution in [-0.4, -0.2) is 32.0 Å². The predicted molar refractivity (Wildman–Crippen MR) is 58.4 cm³/mol. The first-order valence-corrected chi connectivity index (χ1v) is 5.74. The fraction of sp³-hybridized carbons (Fsp3) is 1.00. The molecule has 0 radical (unpaired) electrons. The van der Waals surface area contributed by atoms with Gasteiger partial charge in [0.2, 0.25) is 0 Å². The minimum atomic E-state index is -4.21. The van der Waals surface area contributed by atoms with Gasteiger partial charge >= 0.3 is 6.18 Å². The van der Waals surface area contributed by atoms with Crippen molar-refractivity contribution in [2.24, 2.45) is 5.92 Å². The number of hydrogen-bond acceptors (Lipinski definition) is 2. The number of nitrogens with one attached hydrogen (secondary N) is 1. The van der Waals surface area contributed by atoms with Gasteiger partial charge in [-0.25, -0.2) is 0 Å². The topological polar surface area (TPSA) is 21.3 Å². The van der Waals surface area contributed by atoms with E-state index in [0.29, 0.717) is 18.4 Å². The Morgan fingerprint density at radius 2 is 1.88 bits per heavy atom. The zero-order valence-corrected chi connectivity index (χ0v) is 10.2. The van der Waals surface area contributed by atoms with Crippen LogP contribution in [-0.2, 0) is 4.74 Å². The van der Waals surface area contributed by atoms with Gasteiger partial charge in [0.15, 0.2) is 0 Å². The third-order valence-electron chi connectivity index (χ3n) is 2.59. The van der Waals surface area contributed by atoms with E-state index in [-0.39, 0.29) is 6.61 Å². The normalized spacial score (nSPS) is 16.1. The Morgan fingerprint density at radius 3 is 2.38 bits per heavy atom. The summed E-state index contributed by atoms with van der Waals surface area (Å²) >= 11 is 0. The first-order chi connectivity index (χ1) is 7.37. The van der Waals surface area contributed by atoms with Crippen LogP contribution in [0.15, 0.2) is 0 Å². The largest absolute Gasteiger partial charge is 0.411 e. The Bertz CT molecular complexity index is 173. The van der Waals surface area contributed by atoms with Gasteiger partial charge in [-0.2, -0.15) is 13.2 Å². The molecular formula is C11H22F3NO. The van der Waals surface area contributed by atoms with Crippen molar-refractivity contribution in [3.05, 3.63) is 0 Å². The summed E-state index contributed by atoms with van der Waals surface area (Å²) in [5, 5.41) is 3.29. The van der Waals surface area contributed by atoms with Crippen molar-refractivity contribution >= 4 is 0 Å². The van der Waals surface area contributed by atoms with Crippen LogP contribution in [0.1, 0.15) is 33.6 Å². The summed E-state index contributed by atoms with van der Waals surface area (Å²) in [4.78, 5) is 0. The highest BCUT2D eigenvalue weighted by Crippen LogP contribution is 2.15.